The molecule has 5 heteroatoms. The highest BCUT2D eigenvalue weighted by Crippen LogP contribution is 2.31. The Labute approximate surface area is 104 Å². The molecular formula is C13H13NO4. The van der Waals surface area contributed by atoms with Crippen LogP contribution in [0.3, 0.4) is 0 Å². The van der Waals surface area contributed by atoms with E-state index in [0.29, 0.717) is 11.4 Å². The van der Waals surface area contributed by atoms with Gasteiger partial charge >= 0.3 is 5.97 Å². The van der Waals surface area contributed by atoms with Crippen molar-refractivity contribution in [2.75, 3.05) is 18.1 Å². The van der Waals surface area contributed by atoms with Crippen molar-refractivity contribution in [1.82, 2.24) is 0 Å². The predicted molar refractivity (Wildman–Crippen MR) is 65.7 cm³/mol. The number of anilines is 1. The zero-order valence-electron chi connectivity index (χ0n) is 9.92. The summed E-state index contributed by atoms with van der Waals surface area (Å²) in [4.78, 5) is 24.0. The van der Waals surface area contributed by atoms with Gasteiger partial charge in [0.25, 0.3) is 5.91 Å². The Bertz CT molecular complexity index is 521. The molecule has 1 heterocycles. The lowest BCUT2D eigenvalue weighted by Gasteiger charge is -2.28. The minimum Gasteiger partial charge on any atom is -0.482 e. The summed E-state index contributed by atoms with van der Waals surface area (Å²) in [6, 6.07) is 7.19. The number of ether oxygens (including phenoxy) is 1. The number of amides is 1. The van der Waals surface area contributed by atoms with Crippen molar-refractivity contribution >= 4 is 17.6 Å². The molecule has 0 aliphatic carbocycles. The van der Waals surface area contributed by atoms with Crippen molar-refractivity contribution in [2.45, 2.75) is 6.92 Å². The van der Waals surface area contributed by atoms with Crippen LogP contribution in [0.1, 0.15) is 6.92 Å². The van der Waals surface area contributed by atoms with E-state index < -0.39 is 5.97 Å². The molecule has 0 saturated carbocycles. The van der Waals surface area contributed by atoms with Crippen LogP contribution in [0.4, 0.5) is 5.69 Å². The van der Waals surface area contributed by atoms with Crippen LogP contribution in [-0.2, 0) is 9.59 Å². The van der Waals surface area contributed by atoms with Crippen molar-refractivity contribution in [3.63, 3.8) is 0 Å². The number of para-hydroxylation sites is 2. The molecule has 1 amide bonds. The summed E-state index contributed by atoms with van der Waals surface area (Å²) in [7, 11) is 0. The number of rotatable bonds is 3. The molecule has 5 nitrogen and oxygen atoms in total. The Kier molecular flexibility index (Phi) is 3.32. The maximum absolute atomic E-state index is 11.8. The first-order chi connectivity index (χ1) is 8.59. The lowest BCUT2D eigenvalue weighted by atomic mass is 10.2. The Morgan fingerprint density at radius 1 is 1.50 bits per heavy atom. The van der Waals surface area contributed by atoms with Gasteiger partial charge in [-0.3, -0.25) is 4.79 Å². The Hall–Kier alpha value is -2.30. The van der Waals surface area contributed by atoms with E-state index in [1.54, 1.807) is 12.1 Å². The van der Waals surface area contributed by atoms with Crippen LogP contribution in [0.15, 0.2) is 35.9 Å². The van der Waals surface area contributed by atoms with E-state index in [1.807, 2.05) is 12.1 Å². The smallest absolute Gasteiger partial charge is 0.331 e. The summed E-state index contributed by atoms with van der Waals surface area (Å²) in [6.45, 7) is 1.72. The molecule has 1 N–H and O–H groups in total. The number of benzene rings is 1. The SMILES string of the molecule is CC(=CCN1C(=O)COc2ccccc21)C(=O)O. The van der Waals surface area contributed by atoms with Gasteiger partial charge in [-0.25, -0.2) is 4.79 Å². The fourth-order valence-electron chi connectivity index (χ4n) is 1.67. The summed E-state index contributed by atoms with van der Waals surface area (Å²) >= 11 is 0. The van der Waals surface area contributed by atoms with E-state index in [1.165, 1.54) is 17.9 Å². The van der Waals surface area contributed by atoms with Crippen LogP contribution >= 0.6 is 0 Å². The quantitative estimate of drug-likeness (QED) is 0.821. The molecule has 1 aliphatic rings. The molecular weight excluding hydrogens is 234 g/mol. The fourth-order valence-corrected chi connectivity index (χ4v) is 1.67. The average Bonchev–Trinajstić information content (AvgIpc) is 2.37. The van der Waals surface area contributed by atoms with Crippen LogP contribution in [-0.4, -0.2) is 30.1 Å². The normalized spacial score (nSPS) is 15.1. The van der Waals surface area contributed by atoms with Gasteiger partial charge in [0.05, 0.1) is 5.69 Å². The topological polar surface area (TPSA) is 66.8 Å². The largest absolute Gasteiger partial charge is 0.482 e. The standard InChI is InChI=1S/C13H13NO4/c1-9(13(16)17)6-7-14-10-4-2-3-5-11(10)18-8-12(14)15/h2-6H,7-8H2,1H3,(H,16,17). The number of carboxylic acid groups (broad SMARTS) is 1. The maximum Gasteiger partial charge on any atom is 0.331 e. The summed E-state index contributed by atoms with van der Waals surface area (Å²) in [5.41, 5.74) is 0.884. The first kappa shape index (κ1) is 12.2. The predicted octanol–water partition coefficient (Wildman–Crippen LogP) is 1.44. The van der Waals surface area contributed by atoms with Crippen molar-refractivity contribution in [3.8, 4) is 5.75 Å². The minimum atomic E-state index is -0.982. The number of carbonyl (C=O) groups is 2. The number of carbonyl (C=O) groups excluding carboxylic acids is 1. The molecule has 0 bridgehead atoms. The highest BCUT2D eigenvalue weighted by atomic mass is 16.5. The van der Waals surface area contributed by atoms with Gasteiger partial charge in [-0.05, 0) is 19.1 Å². The lowest BCUT2D eigenvalue weighted by molar-refractivity contribution is -0.132. The van der Waals surface area contributed by atoms with Gasteiger partial charge in [0.15, 0.2) is 6.61 Å². The maximum atomic E-state index is 11.8. The van der Waals surface area contributed by atoms with E-state index in [2.05, 4.69) is 0 Å². The number of carboxylic acids is 1. The van der Waals surface area contributed by atoms with E-state index in [9.17, 15) is 9.59 Å². The monoisotopic (exact) mass is 247 g/mol. The molecule has 0 aromatic heterocycles. The zero-order valence-corrected chi connectivity index (χ0v) is 9.92. The second kappa shape index (κ2) is 4.91. The van der Waals surface area contributed by atoms with Crippen LogP contribution in [0, 0.1) is 0 Å². The average molecular weight is 247 g/mol. The van der Waals surface area contributed by atoms with Gasteiger partial charge in [0, 0.05) is 12.1 Å². The van der Waals surface area contributed by atoms with Crippen LogP contribution < -0.4 is 9.64 Å². The van der Waals surface area contributed by atoms with Gasteiger partial charge in [0.1, 0.15) is 5.75 Å². The lowest BCUT2D eigenvalue weighted by Crippen LogP contribution is -2.39. The molecule has 18 heavy (non-hydrogen) atoms. The number of aliphatic carboxylic acids is 1. The minimum absolute atomic E-state index is 0.0169. The van der Waals surface area contributed by atoms with Gasteiger partial charge in [-0.1, -0.05) is 18.2 Å². The Morgan fingerprint density at radius 2 is 2.22 bits per heavy atom. The van der Waals surface area contributed by atoms with Crippen molar-refractivity contribution < 1.29 is 19.4 Å². The molecule has 0 spiro atoms. The zero-order chi connectivity index (χ0) is 13.1. The fraction of sp³-hybridized carbons (Fsp3) is 0.231. The number of nitrogens with zero attached hydrogens (tertiary/aromatic N) is 1. The summed E-state index contributed by atoms with van der Waals surface area (Å²) in [5, 5.41) is 8.78. The van der Waals surface area contributed by atoms with Crippen LogP contribution in [0.5, 0.6) is 5.75 Å². The van der Waals surface area contributed by atoms with Crippen LogP contribution in [0.25, 0.3) is 0 Å². The number of hydrogen-bond acceptors (Lipinski definition) is 3. The number of fused-ring (bicyclic) bond motifs is 1. The van der Waals surface area contributed by atoms with E-state index in [4.69, 9.17) is 9.84 Å². The number of hydrogen-bond donors (Lipinski definition) is 1. The van der Waals surface area contributed by atoms with Crippen molar-refractivity contribution in [3.05, 3.63) is 35.9 Å². The van der Waals surface area contributed by atoms with Gasteiger partial charge < -0.3 is 14.7 Å². The van der Waals surface area contributed by atoms with Gasteiger partial charge in [-0.2, -0.15) is 0 Å². The molecule has 94 valence electrons. The molecule has 0 radical (unpaired) electrons. The second-order valence-corrected chi connectivity index (χ2v) is 3.95. The molecule has 0 atom stereocenters. The highest BCUT2D eigenvalue weighted by molar-refractivity contribution is 5.98. The van der Waals surface area contributed by atoms with E-state index in [0.717, 1.165) is 0 Å². The summed E-state index contributed by atoms with van der Waals surface area (Å²) in [6.07, 6.45) is 1.52. The third-order valence-corrected chi connectivity index (χ3v) is 2.73. The Balaban J connectivity index is 2.25. The highest BCUT2D eigenvalue weighted by Gasteiger charge is 2.24. The second-order valence-electron chi connectivity index (χ2n) is 3.95. The summed E-state index contributed by atoms with van der Waals surface area (Å²) in [5.74, 6) is -0.523. The molecule has 2 rings (SSSR count). The molecule has 1 aromatic rings. The van der Waals surface area contributed by atoms with Crippen molar-refractivity contribution in [2.24, 2.45) is 0 Å². The Morgan fingerprint density at radius 3 is 2.94 bits per heavy atom. The first-order valence-electron chi connectivity index (χ1n) is 5.52. The van der Waals surface area contributed by atoms with Gasteiger partial charge in [0.2, 0.25) is 0 Å². The van der Waals surface area contributed by atoms with Crippen LogP contribution in [0.2, 0.25) is 0 Å². The summed E-state index contributed by atoms with van der Waals surface area (Å²) < 4.78 is 5.29. The van der Waals surface area contributed by atoms with Gasteiger partial charge in [-0.15, -0.1) is 0 Å². The first-order valence-corrected chi connectivity index (χ1v) is 5.52. The molecule has 0 saturated heterocycles. The molecule has 1 aliphatic heterocycles. The molecule has 0 unspecified atom stereocenters. The third-order valence-electron chi connectivity index (χ3n) is 2.73. The molecule has 0 fully saturated rings. The van der Waals surface area contributed by atoms with Crippen molar-refractivity contribution in [1.29, 1.82) is 0 Å². The third kappa shape index (κ3) is 2.34. The van der Waals surface area contributed by atoms with E-state index in [-0.39, 0.29) is 24.6 Å². The molecule has 1 aromatic carbocycles. The van der Waals surface area contributed by atoms with E-state index >= 15 is 0 Å².